The second-order valence-corrected chi connectivity index (χ2v) is 9.63. The number of hydrogen-bond acceptors (Lipinski definition) is 5. The summed E-state index contributed by atoms with van der Waals surface area (Å²) in [6, 6.07) is 15.0. The molecule has 0 radical (unpaired) electrons. The minimum atomic E-state index is -0.345. The van der Waals surface area contributed by atoms with Crippen LogP contribution < -0.4 is 10.5 Å². The van der Waals surface area contributed by atoms with Gasteiger partial charge in [-0.15, -0.1) is 0 Å². The molecule has 0 spiro atoms. The highest BCUT2D eigenvalue weighted by atomic mass is 32.2. The molecule has 168 valence electrons. The molecule has 0 amide bonds. The number of ether oxygens (including phenoxy) is 1. The van der Waals surface area contributed by atoms with Crippen LogP contribution in [0, 0.1) is 6.92 Å². The molecule has 1 saturated heterocycles. The number of Topliss-reactive ketones (excluding diaryl/α,β-unsaturated/α-hetero) is 1. The summed E-state index contributed by atoms with van der Waals surface area (Å²) in [6.07, 6.45) is 0.878. The number of hydrogen-bond donors (Lipinski definition) is 1. The zero-order chi connectivity index (χ0) is 22.5. The normalized spacial score (nSPS) is 15.7. The molecule has 0 unspecified atom stereocenters. The van der Waals surface area contributed by atoms with E-state index in [1.807, 2.05) is 62.4 Å². The summed E-state index contributed by atoms with van der Waals surface area (Å²) in [5.74, 6) is 0.0433. The summed E-state index contributed by atoms with van der Waals surface area (Å²) in [4.78, 5) is 32.6. The lowest BCUT2D eigenvalue weighted by Crippen LogP contribution is -3.14. The minimum Gasteiger partial charge on any atom is -0.370 e. The summed E-state index contributed by atoms with van der Waals surface area (Å²) < 4.78 is 7.19. The van der Waals surface area contributed by atoms with Crippen LogP contribution in [0.5, 0.6) is 0 Å². The smallest absolute Gasteiger partial charge is 0.262 e. The molecule has 0 aliphatic carbocycles. The Morgan fingerprint density at radius 1 is 1.16 bits per heavy atom. The van der Waals surface area contributed by atoms with Crippen molar-refractivity contribution in [2.75, 3.05) is 32.8 Å². The molecule has 0 bridgehead atoms. The van der Waals surface area contributed by atoms with Crippen molar-refractivity contribution < 1.29 is 14.4 Å². The number of benzene rings is 2. The van der Waals surface area contributed by atoms with E-state index < -0.39 is 0 Å². The number of quaternary nitrogens is 1. The Bertz CT molecular complexity index is 1140. The summed E-state index contributed by atoms with van der Waals surface area (Å²) in [7, 11) is 0. The van der Waals surface area contributed by atoms with Gasteiger partial charge in [0.1, 0.15) is 13.1 Å². The van der Waals surface area contributed by atoms with Gasteiger partial charge >= 0.3 is 0 Å². The van der Waals surface area contributed by atoms with Gasteiger partial charge in [-0.1, -0.05) is 53.7 Å². The zero-order valence-electron chi connectivity index (χ0n) is 18.7. The predicted octanol–water partition coefficient (Wildman–Crippen LogP) is 2.37. The van der Waals surface area contributed by atoms with E-state index in [9.17, 15) is 9.59 Å². The Balaban J connectivity index is 1.56. The zero-order valence-corrected chi connectivity index (χ0v) is 19.5. The van der Waals surface area contributed by atoms with Crippen molar-refractivity contribution in [2.45, 2.75) is 37.2 Å². The molecule has 1 fully saturated rings. The van der Waals surface area contributed by atoms with Crippen molar-refractivity contribution in [3.05, 3.63) is 70.0 Å². The third-order valence-corrected chi connectivity index (χ3v) is 7.02. The highest BCUT2D eigenvalue weighted by molar-refractivity contribution is 8.00. The van der Waals surface area contributed by atoms with Crippen molar-refractivity contribution >= 4 is 28.4 Å². The topological polar surface area (TPSA) is 65.6 Å². The first-order valence-electron chi connectivity index (χ1n) is 11.2. The molecule has 1 N–H and O–H groups in total. The van der Waals surface area contributed by atoms with Crippen LogP contribution >= 0.6 is 11.8 Å². The largest absolute Gasteiger partial charge is 0.370 e. The summed E-state index contributed by atoms with van der Waals surface area (Å²) >= 11 is 1.37. The van der Waals surface area contributed by atoms with Crippen LogP contribution in [0.2, 0.25) is 0 Å². The van der Waals surface area contributed by atoms with Gasteiger partial charge in [0.15, 0.2) is 10.9 Å². The molecule has 2 aromatic carbocycles. The quantitative estimate of drug-likeness (QED) is 0.323. The average molecular weight is 453 g/mol. The lowest BCUT2D eigenvalue weighted by molar-refractivity contribution is -0.908. The molecule has 6 nitrogen and oxygen atoms in total. The van der Waals surface area contributed by atoms with Gasteiger partial charge in [-0.2, -0.15) is 0 Å². The van der Waals surface area contributed by atoms with Gasteiger partial charge < -0.3 is 9.64 Å². The van der Waals surface area contributed by atoms with Crippen molar-refractivity contribution in [3.8, 4) is 0 Å². The van der Waals surface area contributed by atoms with Gasteiger partial charge in [0.25, 0.3) is 5.56 Å². The molecule has 7 heteroatoms. The lowest BCUT2D eigenvalue weighted by atomic mass is 10.1. The summed E-state index contributed by atoms with van der Waals surface area (Å²) in [6.45, 7) is 9.08. The number of carbonyl (C=O) groups is 1. The molecule has 32 heavy (non-hydrogen) atoms. The first-order valence-corrected chi connectivity index (χ1v) is 12.1. The Morgan fingerprint density at radius 2 is 1.88 bits per heavy atom. The maximum Gasteiger partial charge on any atom is 0.262 e. The summed E-state index contributed by atoms with van der Waals surface area (Å²) in [5, 5.41) is 0.883. The molecular formula is C25H30N3O3S+. The number of thioether (sulfide) groups is 1. The fraction of sp³-hybridized carbons (Fsp3) is 0.400. The second-order valence-electron chi connectivity index (χ2n) is 8.32. The Hall–Kier alpha value is -2.48. The van der Waals surface area contributed by atoms with Gasteiger partial charge in [-0.25, -0.2) is 4.98 Å². The number of aryl methyl sites for hydroxylation is 1. The average Bonchev–Trinajstić information content (AvgIpc) is 2.82. The van der Waals surface area contributed by atoms with Crippen molar-refractivity contribution in [2.24, 2.45) is 0 Å². The fourth-order valence-electron chi connectivity index (χ4n) is 4.00. The molecule has 0 saturated carbocycles. The molecule has 3 aromatic rings. The van der Waals surface area contributed by atoms with E-state index in [1.54, 1.807) is 4.57 Å². The monoisotopic (exact) mass is 452 g/mol. The van der Waals surface area contributed by atoms with E-state index in [-0.39, 0.29) is 16.6 Å². The molecule has 4 rings (SSSR count). The SMILES string of the molecule is Cc1ccc(C(=O)[C@@H](C)Sc2nc3ccccc3c(=O)n2CCC[NH+]2CCOCC2)cc1. The Morgan fingerprint density at radius 3 is 2.62 bits per heavy atom. The van der Waals surface area contributed by atoms with E-state index in [0.29, 0.717) is 28.2 Å². The maximum atomic E-state index is 13.3. The molecule has 1 aliphatic heterocycles. The Labute approximate surface area is 192 Å². The van der Waals surface area contributed by atoms with Crippen molar-refractivity contribution in [1.82, 2.24) is 9.55 Å². The first kappa shape index (κ1) is 22.7. The van der Waals surface area contributed by atoms with Crippen LogP contribution in [-0.2, 0) is 11.3 Å². The standard InChI is InChI=1S/C25H29N3O3S/c1-18-8-10-20(11-9-18)23(29)19(2)32-25-26-22-7-4-3-6-21(22)24(30)28(25)13-5-12-27-14-16-31-17-15-27/h3-4,6-11,19H,5,12-17H2,1-2H3/p+1/t19-/m1/s1. The van der Waals surface area contributed by atoms with Crippen LogP contribution in [-0.4, -0.2) is 53.4 Å². The number of para-hydroxylation sites is 1. The van der Waals surface area contributed by atoms with Crippen LogP contribution in [0.4, 0.5) is 0 Å². The number of nitrogens with zero attached hydrogens (tertiary/aromatic N) is 2. The van der Waals surface area contributed by atoms with Crippen LogP contribution in [0.15, 0.2) is 58.5 Å². The van der Waals surface area contributed by atoms with E-state index in [4.69, 9.17) is 9.72 Å². The van der Waals surface area contributed by atoms with Crippen LogP contribution in [0.3, 0.4) is 0 Å². The molecule has 1 aromatic heterocycles. The maximum absolute atomic E-state index is 13.3. The molecular weight excluding hydrogens is 422 g/mol. The lowest BCUT2D eigenvalue weighted by Gasteiger charge is -2.24. The van der Waals surface area contributed by atoms with Gasteiger partial charge in [0, 0.05) is 18.5 Å². The van der Waals surface area contributed by atoms with Crippen molar-refractivity contribution in [1.29, 1.82) is 0 Å². The summed E-state index contributed by atoms with van der Waals surface area (Å²) in [5.41, 5.74) is 2.44. The van der Waals surface area contributed by atoms with Crippen LogP contribution in [0.25, 0.3) is 10.9 Å². The predicted molar refractivity (Wildman–Crippen MR) is 128 cm³/mol. The number of fused-ring (bicyclic) bond motifs is 1. The van der Waals surface area contributed by atoms with E-state index in [1.165, 1.54) is 16.7 Å². The van der Waals surface area contributed by atoms with E-state index >= 15 is 0 Å². The number of morpholine rings is 1. The van der Waals surface area contributed by atoms with E-state index in [0.717, 1.165) is 44.8 Å². The Kier molecular flexibility index (Phi) is 7.40. The number of aromatic nitrogens is 2. The van der Waals surface area contributed by atoms with Crippen LogP contribution in [0.1, 0.15) is 29.3 Å². The number of nitrogens with one attached hydrogen (secondary N) is 1. The number of ketones is 1. The van der Waals surface area contributed by atoms with Gasteiger partial charge in [0.05, 0.1) is 35.9 Å². The third kappa shape index (κ3) is 5.28. The fourth-order valence-corrected chi connectivity index (χ4v) is 5.01. The number of rotatable bonds is 8. The molecule has 1 atom stereocenters. The minimum absolute atomic E-state index is 0.0370. The van der Waals surface area contributed by atoms with Gasteiger partial charge in [-0.05, 0) is 26.0 Å². The first-order chi connectivity index (χ1) is 15.5. The number of carbonyl (C=O) groups excluding carboxylic acids is 1. The highest BCUT2D eigenvalue weighted by Crippen LogP contribution is 2.25. The van der Waals surface area contributed by atoms with E-state index in [2.05, 4.69) is 0 Å². The second kappa shape index (κ2) is 10.4. The van der Waals surface area contributed by atoms with Gasteiger partial charge in [0.2, 0.25) is 0 Å². The molecule has 1 aliphatic rings. The molecule has 2 heterocycles. The van der Waals surface area contributed by atoms with Gasteiger partial charge in [-0.3, -0.25) is 14.2 Å². The highest BCUT2D eigenvalue weighted by Gasteiger charge is 2.21. The third-order valence-electron chi connectivity index (χ3n) is 5.93. The van der Waals surface area contributed by atoms with Crippen molar-refractivity contribution in [3.63, 3.8) is 0 Å².